The molecule has 0 atom stereocenters. The molecule has 0 spiro atoms. The molecule has 0 saturated heterocycles. The van der Waals surface area contributed by atoms with Crippen molar-refractivity contribution in [1.29, 1.82) is 0 Å². The van der Waals surface area contributed by atoms with E-state index in [9.17, 15) is 0 Å². The number of ether oxygens (including phenoxy) is 4. The minimum Gasteiger partial charge on any atom is -0.493 e. The summed E-state index contributed by atoms with van der Waals surface area (Å²) in [7, 11) is 3.23. The van der Waals surface area contributed by atoms with Crippen LogP contribution in [-0.4, -0.2) is 38.1 Å². The van der Waals surface area contributed by atoms with Crippen molar-refractivity contribution in [2.75, 3.05) is 26.3 Å². The number of anilines is 1. The van der Waals surface area contributed by atoms with E-state index in [4.69, 9.17) is 18.9 Å². The standard InChI is InChI=1S/C23H27N3O4S/c1-6-29-22-11-16(7-9-20(22)30-15(2)3)13-24-26-23-25-18(14-31-23)17-8-10-19(27-4)21(12-17)28-5/h7-15H,6H2,1-5H3,(H,25,26)/b24-13-. The van der Waals surface area contributed by atoms with E-state index in [-0.39, 0.29) is 6.10 Å². The minimum atomic E-state index is 0.0742. The normalized spacial score (nSPS) is 11.0. The number of hydrogen-bond donors (Lipinski definition) is 1. The van der Waals surface area contributed by atoms with E-state index in [1.807, 2.05) is 62.5 Å². The highest BCUT2D eigenvalue weighted by atomic mass is 32.1. The lowest BCUT2D eigenvalue weighted by Crippen LogP contribution is -2.07. The minimum absolute atomic E-state index is 0.0742. The Morgan fingerprint density at radius 3 is 2.52 bits per heavy atom. The maximum absolute atomic E-state index is 5.79. The quantitative estimate of drug-likeness (QED) is 0.333. The van der Waals surface area contributed by atoms with Gasteiger partial charge < -0.3 is 18.9 Å². The zero-order chi connectivity index (χ0) is 22.2. The smallest absolute Gasteiger partial charge is 0.203 e. The molecule has 164 valence electrons. The summed E-state index contributed by atoms with van der Waals surface area (Å²) in [5, 5.41) is 6.95. The predicted molar refractivity (Wildman–Crippen MR) is 125 cm³/mol. The molecule has 8 heteroatoms. The summed E-state index contributed by atoms with van der Waals surface area (Å²) >= 11 is 1.47. The van der Waals surface area contributed by atoms with Gasteiger partial charge in [0.2, 0.25) is 5.13 Å². The van der Waals surface area contributed by atoms with Gasteiger partial charge in [-0.05, 0) is 62.7 Å². The van der Waals surface area contributed by atoms with E-state index < -0.39 is 0 Å². The van der Waals surface area contributed by atoms with Crippen LogP contribution < -0.4 is 24.4 Å². The van der Waals surface area contributed by atoms with Crippen LogP contribution in [0, 0.1) is 0 Å². The first-order chi connectivity index (χ1) is 15.0. The molecule has 3 aromatic rings. The van der Waals surface area contributed by atoms with Gasteiger partial charge in [0.15, 0.2) is 23.0 Å². The van der Waals surface area contributed by atoms with Crippen molar-refractivity contribution in [2.24, 2.45) is 5.10 Å². The lowest BCUT2D eigenvalue weighted by molar-refractivity contribution is 0.224. The summed E-state index contributed by atoms with van der Waals surface area (Å²) in [5.41, 5.74) is 5.64. The highest BCUT2D eigenvalue weighted by Crippen LogP contribution is 2.33. The third-order valence-electron chi connectivity index (χ3n) is 4.19. The Kier molecular flexibility index (Phi) is 7.72. The van der Waals surface area contributed by atoms with Crippen LogP contribution in [0.1, 0.15) is 26.3 Å². The van der Waals surface area contributed by atoms with Crippen LogP contribution in [0.25, 0.3) is 11.3 Å². The van der Waals surface area contributed by atoms with Gasteiger partial charge in [-0.1, -0.05) is 0 Å². The zero-order valence-electron chi connectivity index (χ0n) is 18.3. The molecule has 1 N–H and O–H groups in total. The van der Waals surface area contributed by atoms with Crippen molar-refractivity contribution >= 4 is 22.7 Å². The summed E-state index contributed by atoms with van der Waals surface area (Å²) in [6, 6.07) is 11.4. The zero-order valence-corrected chi connectivity index (χ0v) is 19.2. The number of aromatic nitrogens is 1. The monoisotopic (exact) mass is 441 g/mol. The Morgan fingerprint density at radius 1 is 1.03 bits per heavy atom. The molecular formula is C23H27N3O4S. The molecule has 1 aromatic heterocycles. The Hall–Kier alpha value is -3.26. The number of nitrogens with one attached hydrogen (secondary N) is 1. The summed E-state index contributed by atoms with van der Waals surface area (Å²) in [5.74, 6) is 2.77. The largest absolute Gasteiger partial charge is 0.493 e. The number of thiazole rings is 1. The molecule has 0 aliphatic heterocycles. The summed E-state index contributed by atoms with van der Waals surface area (Å²) in [4.78, 5) is 4.59. The van der Waals surface area contributed by atoms with Gasteiger partial charge in [-0.15, -0.1) is 11.3 Å². The van der Waals surface area contributed by atoms with Crippen LogP contribution in [0.3, 0.4) is 0 Å². The molecule has 0 aliphatic rings. The Morgan fingerprint density at radius 2 is 1.81 bits per heavy atom. The van der Waals surface area contributed by atoms with Crippen LogP contribution in [0.4, 0.5) is 5.13 Å². The molecular weight excluding hydrogens is 414 g/mol. The summed E-state index contributed by atoms with van der Waals surface area (Å²) in [6.07, 6.45) is 1.80. The molecule has 0 fully saturated rings. The molecule has 0 bridgehead atoms. The van der Waals surface area contributed by atoms with Gasteiger partial charge in [0.1, 0.15) is 0 Å². The second-order valence-electron chi connectivity index (χ2n) is 6.78. The van der Waals surface area contributed by atoms with Gasteiger partial charge >= 0.3 is 0 Å². The van der Waals surface area contributed by atoms with Gasteiger partial charge in [-0.25, -0.2) is 4.98 Å². The van der Waals surface area contributed by atoms with Gasteiger partial charge in [0, 0.05) is 10.9 Å². The van der Waals surface area contributed by atoms with E-state index in [1.165, 1.54) is 11.3 Å². The Bertz CT molecular complexity index is 1030. The highest BCUT2D eigenvalue weighted by Gasteiger charge is 2.10. The molecule has 31 heavy (non-hydrogen) atoms. The van der Waals surface area contributed by atoms with E-state index in [0.717, 1.165) is 22.6 Å². The van der Waals surface area contributed by atoms with Gasteiger partial charge in [-0.2, -0.15) is 5.10 Å². The fraction of sp³-hybridized carbons (Fsp3) is 0.304. The molecule has 1 heterocycles. The number of nitrogens with zero attached hydrogens (tertiary/aromatic N) is 2. The molecule has 7 nitrogen and oxygen atoms in total. The molecule has 0 amide bonds. The number of rotatable bonds is 10. The fourth-order valence-corrected chi connectivity index (χ4v) is 3.51. The number of benzene rings is 2. The fourth-order valence-electron chi connectivity index (χ4n) is 2.84. The SMILES string of the molecule is CCOc1cc(/C=N\Nc2nc(-c3ccc(OC)c(OC)c3)cs2)ccc1OC(C)C. The number of hydrogen-bond acceptors (Lipinski definition) is 8. The van der Waals surface area contributed by atoms with Crippen LogP contribution in [0.2, 0.25) is 0 Å². The van der Waals surface area contributed by atoms with Gasteiger partial charge in [0.05, 0.1) is 38.8 Å². The molecule has 0 radical (unpaired) electrons. The molecule has 2 aromatic carbocycles. The van der Waals surface area contributed by atoms with Crippen molar-refractivity contribution < 1.29 is 18.9 Å². The predicted octanol–water partition coefficient (Wildman–Crippen LogP) is 5.46. The Labute approximate surface area is 186 Å². The molecule has 0 aliphatic carbocycles. The average molecular weight is 442 g/mol. The third kappa shape index (κ3) is 5.88. The van der Waals surface area contributed by atoms with Crippen molar-refractivity contribution in [3.63, 3.8) is 0 Å². The van der Waals surface area contributed by atoms with Crippen molar-refractivity contribution in [1.82, 2.24) is 4.98 Å². The lowest BCUT2D eigenvalue weighted by atomic mass is 10.1. The topological polar surface area (TPSA) is 74.2 Å². The van der Waals surface area contributed by atoms with Crippen molar-refractivity contribution in [2.45, 2.75) is 26.9 Å². The first-order valence-electron chi connectivity index (χ1n) is 9.94. The first kappa shape index (κ1) is 22.4. The maximum Gasteiger partial charge on any atom is 0.203 e. The number of methoxy groups -OCH3 is 2. The van der Waals surface area contributed by atoms with Crippen LogP contribution in [0.5, 0.6) is 23.0 Å². The van der Waals surface area contributed by atoms with Crippen LogP contribution in [-0.2, 0) is 0 Å². The highest BCUT2D eigenvalue weighted by molar-refractivity contribution is 7.14. The molecule has 0 saturated carbocycles. The average Bonchev–Trinajstić information content (AvgIpc) is 3.23. The second kappa shape index (κ2) is 10.7. The summed E-state index contributed by atoms with van der Waals surface area (Å²) in [6.45, 7) is 6.48. The van der Waals surface area contributed by atoms with Crippen molar-refractivity contribution in [3.05, 3.63) is 47.3 Å². The van der Waals surface area contributed by atoms with Gasteiger partial charge in [-0.3, -0.25) is 5.43 Å². The molecule has 3 rings (SSSR count). The van der Waals surface area contributed by atoms with Gasteiger partial charge in [0.25, 0.3) is 0 Å². The second-order valence-corrected chi connectivity index (χ2v) is 7.64. The maximum atomic E-state index is 5.79. The Balaban J connectivity index is 1.70. The molecule has 0 unspecified atom stereocenters. The van der Waals surface area contributed by atoms with Crippen LogP contribution in [0.15, 0.2) is 46.9 Å². The lowest BCUT2D eigenvalue weighted by Gasteiger charge is -2.14. The van der Waals surface area contributed by atoms with E-state index in [1.54, 1.807) is 20.4 Å². The summed E-state index contributed by atoms with van der Waals surface area (Å²) < 4.78 is 22.1. The number of hydrazone groups is 1. The van der Waals surface area contributed by atoms with Crippen molar-refractivity contribution in [3.8, 4) is 34.3 Å². The third-order valence-corrected chi connectivity index (χ3v) is 4.93. The first-order valence-corrected chi connectivity index (χ1v) is 10.8. The van der Waals surface area contributed by atoms with Crippen LogP contribution >= 0.6 is 11.3 Å². The van der Waals surface area contributed by atoms with E-state index in [2.05, 4.69) is 15.5 Å². The van der Waals surface area contributed by atoms with E-state index >= 15 is 0 Å². The van der Waals surface area contributed by atoms with E-state index in [0.29, 0.717) is 29.0 Å².